The number of carbonyl (C=O) groups is 2. The molecule has 2 aromatic carbocycles. The van der Waals surface area contributed by atoms with Gasteiger partial charge in [0.05, 0.1) is 36.6 Å². The third-order valence-corrected chi connectivity index (χ3v) is 4.60. The molecule has 0 aliphatic rings. The lowest BCUT2D eigenvalue weighted by atomic mass is 10.0. The van der Waals surface area contributed by atoms with Gasteiger partial charge in [0.15, 0.2) is 0 Å². The Bertz CT molecular complexity index is 988. The number of amides is 2. The zero-order valence-corrected chi connectivity index (χ0v) is 16.8. The van der Waals surface area contributed by atoms with Gasteiger partial charge in [0, 0.05) is 25.0 Å². The molecule has 3 rings (SSSR count). The number of aromatic nitrogens is 2. The number of anilines is 1. The highest BCUT2D eigenvalue weighted by atomic mass is 35.5. The van der Waals surface area contributed by atoms with Crippen molar-refractivity contribution in [2.45, 2.75) is 19.4 Å². The number of halogens is 1. The van der Waals surface area contributed by atoms with E-state index in [1.807, 2.05) is 12.1 Å². The minimum atomic E-state index is -0.459. The lowest BCUT2D eigenvalue weighted by Crippen LogP contribution is -2.29. The van der Waals surface area contributed by atoms with Gasteiger partial charge >= 0.3 is 0 Å². The van der Waals surface area contributed by atoms with Crippen molar-refractivity contribution < 1.29 is 14.3 Å². The first-order chi connectivity index (χ1) is 14.0. The second-order valence-electron chi connectivity index (χ2n) is 6.41. The molecule has 2 amide bonds. The monoisotopic (exact) mass is 412 g/mol. The van der Waals surface area contributed by atoms with Crippen molar-refractivity contribution in [1.29, 1.82) is 0 Å². The van der Waals surface area contributed by atoms with Crippen molar-refractivity contribution in [3.63, 3.8) is 0 Å². The maximum Gasteiger partial charge on any atom is 0.226 e. The first-order valence-corrected chi connectivity index (χ1v) is 9.33. The Morgan fingerprint density at radius 3 is 2.55 bits per heavy atom. The minimum absolute atomic E-state index is 0.0762. The van der Waals surface area contributed by atoms with Gasteiger partial charge < -0.3 is 19.9 Å². The van der Waals surface area contributed by atoms with Gasteiger partial charge in [-0.15, -0.1) is 0 Å². The van der Waals surface area contributed by atoms with E-state index in [1.165, 1.54) is 6.92 Å². The van der Waals surface area contributed by atoms with Crippen LogP contribution in [0.1, 0.15) is 24.9 Å². The number of methoxy groups -OCH3 is 1. The van der Waals surface area contributed by atoms with Crippen LogP contribution in [0.25, 0.3) is 5.69 Å². The van der Waals surface area contributed by atoms with Crippen LogP contribution >= 0.6 is 11.6 Å². The summed E-state index contributed by atoms with van der Waals surface area (Å²) in [6.45, 7) is 1.42. The number of carbonyl (C=O) groups excluding carboxylic acids is 2. The lowest BCUT2D eigenvalue weighted by Gasteiger charge is -2.18. The first-order valence-electron chi connectivity index (χ1n) is 8.95. The Labute approximate surface area is 173 Å². The predicted molar refractivity (Wildman–Crippen MR) is 111 cm³/mol. The molecule has 1 atom stereocenters. The lowest BCUT2D eigenvalue weighted by molar-refractivity contribution is -0.120. The topological polar surface area (TPSA) is 85.2 Å². The summed E-state index contributed by atoms with van der Waals surface area (Å²) in [6.07, 6.45) is 5.17. The highest BCUT2D eigenvalue weighted by Gasteiger charge is 2.18. The molecule has 0 bridgehead atoms. The molecule has 8 heteroatoms. The van der Waals surface area contributed by atoms with Crippen LogP contribution in [0.4, 0.5) is 5.69 Å². The summed E-state index contributed by atoms with van der Waals surface area (Å²) in [5.74, 6) is 0.241. The molecule has 3 aromatic rings. The predicted octanol–water partition coefficient (Wildman–Crippen LogP) is 3.74. The summed E-state index contributed by atoms with van der Waals surface area (Å²) >= 11 is 6.33. The van der Waals surface area contributed by atoms with E-state index in [4.69, 9.17) is 16.3 Å². The third kappa shape index (κ3) is 5.36. The molecular weight excluding hydrogens is 392 g/mol. The summed E-state index contributed by atoms with van der Waals surface area (Å²) in [4.78, 5) is 28.2. The molecule has 1 heterocycles. The van der Waals surface area contributed by atoms with Gasteiger partial charge in [-0.1, -0.05) is 23.7 Å². The molecule has 0 aliphatic carbocycles. The molecule has 0 fully saturated rings. The Balaban J connectivity index is 1.71. The first kappa shape index (κ1) is 20.4. The van der Waals surface area contributed by atoms with Crippen LogP contribution in [-0.4, -0.2) is 28.5 Å². The molecule has 1 unspecified atom stereocenters. The van der Waals surface area contributed by atoms with Crippen LogP contribution in [0.5, 0.6) is 5.75 Å². The number of rotatable bonds is 7. The van der Waals surface area contributed by atoms with Crippen molar-refractivity contribution in [1.82, 2.24) is 14.9 Å². The average Bonchev–Trinajstić information content (AvgIpc) is 3.22. The molecule has 150 valence electrons. The molecular formula is C21H21ClN4O3. The van der Waals surface area contributed by atoms with Crippen LogP contribution in [0, 0.1) is 0 Å². The maximum atomic E-state index is 12.6. The van der Waals surface area contributed by atoms with E-state index in [9.17, 15) is 9.59 Å². The smallest absolute Gasteiger partial charge is 0.226 e. The quantitative estimate of drug-likeness (QED) is 0.619. The number of ether oxygens (including phenoxy) is 1. The van der Waals surface area contributed by atoms with E-state index in [2.05, 4.69) is 15.6 Å². The van der Waals surface area contributed by atoms with Crippen molar-refractivity contribution in [3.05, 3.63) is 71.8 Å². The summed E-state index contributed by atoms with van der Waals surface area (Å²) in [5, 5.41) is 6.12. The van der Waals surface area contributed by atoms with Gasteiger partial charge in [0.25, 0.3) is 0 Å². The van der Waals surface area contributed by atoms with Gasteiger partial charge in [0.2, 0.25) is 11.8 Å². The normalized spacial score (nSPS) is 11.6. The van der Waals surface area contributed by atoms with Gasteiger partial charge in [-0.3, -0.25) is 9.59 Å². The van der Waals surface area contributed by atoms with E-state index in [0.29, 0.717) is 16.5 Å². The number of nitrogens with zero attached hydrogens (tertiary/aromatic N) is 2. The summed E-state index contributed by atoms with van der Waals surface area (Å²) < 4.78 is 6.94. The molecule has 0 saturated heterocycles. The minimum Gasteiger partial charge on any atom is -0.497 e. The molecule has 7 nitrogen and oxygen atoms in total. The number of imidazole rings is 1. The van der Waals surface area contributed by atoms with Crippen LogP contribution in [0.3, 0.4) is 0 Å². The molecule has 0 spiro atoms. The SMILES string of the molecule is COc1ccc(C(CC(=O)Nc2ccc(-n3ccnc3)c(Cl)c2)NC(C)=O)cc1. The highest BCUT2D eigenvalue weighted by molar-refractivity contribution is 6.32. The Hall–Kier alpha value is -3.32. The number of nitrogens with one attached hydrogen (secondary N) is 2. The molecule has 29 heavy (non-hydrogen) atoms. The second kappa shape index (κ2) is 9.25. The molecule has 0 saturated carbocycles. The largest absolute Gasteiger partial charge is 0.497 e. The average molecular weight is 413 g/mol. The molecule has 0 aliphatic heterocycles. The number of hydrogen-bond acceptors (Lipinski definition) is 4. The van der Waals surface area contributed by atoms with Gasteiger partial charge in [0.1, 0.15) is 5.75 Å². The van der Waals surface area contributed by atoms with E-state index in [-0.39, 0.29) is 18.2 Å². The fourth-order valence-electron chi connectivity index (χ4n) is 2.93. The van der Waals surface area contributed by atoms with E-state index < -0.39 is 6.04 Å². The van der Waals surface area contributed by atoms with Crippen molar-refractivity contribution in [3.8, 4) is 11.4 Å². The van der Waals surface area contributed by atoms with Crippen LogP contribution in [-0.2, 0) is 9.59 Å². The van der Waals surface area contributed by atoms with E-state index in [1.54, 1.807) is 60.7 Å². The second-order valence-corrected chi connectivity index (χ2v) is 6.82. The Morgan fingerprint density at radius 2 is 1.97 bits per heavy atom. The summed E-state index contributed by atoms with van der Waals surface area (Å²) in [7, 11) is 1.58. The molecule has 1 aromatic heterocycles. The Morgan fingerprint density at radius 1 is 1.21 bits per heavy atom. The molecule has 0 radical (unpaired) electrons. The fourth-order valence-corrected chi connectivity index (χ4v) is 3.21. The van der Waals surface area contributed by atoms with Gasteiger partial charge in [-0.25, -0.2) is 4.98 Å². The zero-order chi connectivity index (χ0) is 20.8. The maximum absolute atomic E-state index is 12.6. The van der Waals surface area contributed by atoms with Gasteiger partial charge in [-0.05, 0) is 35.9 Å². The highest BCUT2D eigenvalue weighted by Crippen LogP contribution is 2.25. The van der Waals surface area contributed by atoms with Crippen molar-refractivity contribution >= 4 is 29.1 Å². The van der Waals surface area contributed by atoms with Crippen LogP contribution < -0.4 is 15.4 Å². The number of hydrogen-bond donors (Lipinski definition) is 2. The van der Waals surface area contributed by atoms with E-state index >= 15 is 0 Å². The van der Waals surface area contributed by atoms with Crippen molar-refractivity contribution in [2.75, 3.05) is 12.4 Å². The fraction of sp³-hybridized carbons (Fsp3) is 0.190. The third-order valence-electron chi connectivity index (χ3n) is 4.30. The zero-order valence-electron chi connectivity index (χ0n) is 16.1. The van der Waals surface area contributed by atoms with Gasteiger partial charge in [-0.2, -0.15) is 0 Å². The standard InChI is InChI=1S/C21H21ClN4O3/c1-14(27)24-19(15-3-6-17(29-2)7-4-15)12-21(28)25-16-5-8-20(18(22)11-16)26-10-9-23-13-26/h3-11,13,19H,12H2,1-2H3,(H,24,27)(H,25,28). The Kier molecular flexibility index (Phi) is 6.51. The van der Waals surface area contributed by atoms with Crippen molar-refractivity contribution in [2.24, 2.45) is 0 Å². The molecule has 2 N–H and O–H groups in total. The van der Waals surface area contributed by atoms with E-state index in [0.717, 1.165) is 11.3 Å². The summed E-state index contributed by atoms with van der Waals surface area (Å²) in [6, 6.07) is 12.0. The number of benzene rings is 2. The summed E-state index contributed by atoms with van der Waals surface area (Å²) in [5.41, 5.74) is 2.14. The van der Waals surface area contributed by atoms with Crippen LogP contribution in [0.2, 0.25) is 5.02 Å². The van der Waals surface area contributed by atoms with Crippen LogP contribution in [0.15, 0.2) is 61.2 Å².